The molecule has 2 atom stereocenters. The van der Waals surface area contributed by atoms with E-state index in [0.717, 1.165) is 0 Å². The van der Waals surface area contributed by atoms with Gasteiger partial charge in [0.05, 0.1) is 11.0 Å². The van der Waals surface area contributed by atoms with Crippen molar-refractivity contribution in [3.8, 4) is 0 Å². The van der Waals surface area contributed by atoms with Crippen LogP contribution in [-0.2, 0) is 0 Å². The molecule has 0 aliphatic heterocycles. The summed E-state index contributed by atoms with van der Waals surface area (Å²) >= 11 is 0. The van der Waals surface area contributed by atoms with Gasteiger partial charge in [-0.05, 0) is 39.6 Å². The van der Waals surface area contributed by atoms with Crippen LogP contribution in [0.5, 0.6) is 0 Å². The molecule has 0 radical (unpaired) electrons. The molecule has 0 spiro atoms. The van der Waals surface area contributed by atoms with E-state index in [0.29, 0.717) is 11.5 Å². The Balaban J connectivity index is 2.21. The molecule has 0 aliphatic rings. The number of aromatic nitrogens is 1. The molecule has 0 bridgehead atoms. The maximum Gasteiger partial charge on any atom is 0.290 e. The highest BCUT2D eigenvalue weighted by Crippen LogP contribution is 2.25. The molecule has 0 fully saturated rings. The van der Waals surface area contributed by atoms with E-state index in [2.05, 4.69) is 34.3 Å². The summed E-state index contributed by atoms with van der Waals surface area (Å²) in [5.41, 5.74) is 1.65. The van der Waals surface area contributed by atoms with Gasteiger partial charge in [-0.1, -0.05) is 30.3 Å². The highest BCUT2D eigenvalue weighted by atomic mass is 16.6. The summed E-state index contributed by atoms with van der Waals surface area (Å²) in [6.07, 6.45) is 0. The Labute approximate surface area is 136 Å². The van der Waals surface area contributed by atoms with Gasteiger partial charge in [0.25, 0.3) is 5.69 Å². The minimum absolute atomic E-state index is 0.0374. The van der Waals surface area contributed by atoms with E-state index in [-0.39, 0.29) is 17.8 Å². The standard InChI is InChI=1S/C17H22N4O2/c1-12-15(21(22)23)10-11-16(18-12)19-13(2)17(20(3)4)14-8-6-5-7-9-14/h5-11,13,17H,1-4H3,(H,18,19). The lowest BCUT2D eigenvalue weighted by atomic mass is 9.99. The smallest absolute Gasteiger partial charge is 0.290 e. The van der Waals surface area contributed by atoms with Crippen LogP contribution in [0.25, 0.3) is 0 Å². The fourth-order valence-electron chi connectivity index (χ4n) is 2.82. The Morgan fingerprint density at radius 2 is 1.83 bits per heavy atom. The minimum Gasteiger partial charge on any atom is -0.366 e. The van der Waals surface area contributed by atoms with Crippen molar-refractivity contribution in [2.75, 3.05) is 19.4 Å². The number of nitrogens with zero attached hydrogens (tertiary/aromatic N) is 3. The van der Waals surface area contributed by atoms with Gasteiger partial charge >= 0.3 is 0 Å². The Bertz CT molecular complexity index is 674. The summed E-state index contributed by atoms with van der Waals surface area (Å²) in [7, 11) is 4.06. The summed E-state index contributed by atoms with van der Waals surface area (Å²) in [4.78, 5) is 16.9. The zero-order valence-electron chi connectivity index (χ0n) is 13.9. The van der Waals surface area contributed by atoms with Crippen molar-refractivity contribution in [2.24, 2.45) is 0 Å². The van der Waals surface area contributed by atoms with Crippen LogP contribution in [0.2, 0.25) is 0 Å². The number of hydrogen-bond donors (Lipinski definition) is 1. The maximum atomic E-state index is 10.9. The maximum absolute atomic E-state index is 10.9. The van der Waals surface area contributed by atoms with Gasteiger partial charge in [0.2, 0.25) is 0 Å². The second-order valence-electron chi connectivity index (χ2n) is 5.81. The summed E-state index contributed by atoms with van der Waals surface area (Å²) in [6.45, 7) is 3.73. The Morgan fingerprint density at radius 3 is 2.35 bits per heavy atom. The number of nitrogens with one attached hydrogen (secondary N) is 1. The van der Waals surface area contributed by atoms with Crippen molar-refractivity contribution in [2.45, 2.75) is 25.9 Å². The number of aryl methyl sites for hydroxylation is 1. The summed E-state index contributed by atoms with van der Waals surface area (Å²) < 4.78 is 0. The first-order chi connectivity index (χ1) is 10.9. The quantitative estimate of drug-likeness (QED) is 0.653. The number of benzene rings is 1. The Morgan fingerprint density at radius 1 is 1.17 bits per heavy atom. The molecule has 1 aromatic carbocycles. The van der Waals surface area contributed by atoms with Gasteiger partial charge in [0.1, 0.15) is 11.5 Å². The van der Waals surface area contributed by atoms with Gasteiger partial charge in [0, 0.05) is 12.1 Å². The van der Waals surface area contributed by atoms with Gasteiger partial charge < -0.3 is 10.2 Å². The second kappa shape index (κ2) is 7.19. The lowest BCUT2D eigenvalue weighted by Gasteiger charge is -2.31. The third kappa shape index (κ3) is 4.04. The largest absolute Gasteiger partial charge is 0.366 e. The lowest BCUT2D eigenvalue weighted by Crippen LogP contribution is -2.34. The van der Waals surface area contributed by atoms with Crippen molar-refractivity contribution < 1.29 is 4.92 Å². The van der Waals surface area contributed by atoms with Crippen LogP contribution in [0.3, 0.4) is 0 Å². The lowest BCUT2D eigenvalue weighted by molar-refractivity contribution is -0.385. The second-order valence-corrected chi connectivity index (χ2v) is 5.81. The van der Waals surface area contributed by atoms with Crippen molar-refractivity contribution >= 4 is 11.5 Å². The fourth-order valence-corrected chi connectivity index (χ4v) is 2.82. The molecule has 2 rings (SSSR count). The number of nitro groups is 1. The fraction of sp³-hybridized carbons (Fsp3) is 0.353. The summed E-state index contributed by atoms with van der Waals surface area (Å²) in [5.74, 6) is 0.642. The Kier molecular flexibility index (Phi) is 5.28. The van der Waals surface area contributed by atoms with Crippen LogP contribution in [0.15, 0.2) is 42.5 Å². The van der Waals surface area contributed by atoms with Gasteiger partial charge in [-0.2, -0.15) is 0 Å². The number of pyridine rings is 1. The van der Waals surface area contributed by atoms with E-state index >= 15 is 0 Å². The van der Waals surface area contributed by atoms with Gasteiger partial charge in [-0.15, -0.1) is 0 Å². The normalized spacial score (nSPS) is 13.6. The van der Waals surface area contributed by atoms with Crippen LogP contribution in [0, 0.1) is 17.0 Å². The molecule has 2 aromatic rings. The molecule has 6 nitrogen and oxygen atoms in total. The molecule has 1 heterocycles. The highest BCUT2D eigenvalue weighted by molar-refractivity contribution is 5.45. The molecule has 23 heavy (non-hydrogen) atoms. The van der Waals surface area contributed by atoms with Crippen LogP contribution < -0.4 is 5.32 Å². The molecule has 1 aromatic heterocycles. The summed E-state index contributed by atoms with van der Waals surface area (Å²) in [6, 6.07) is 13.6. The predicted octanol–water partition coefficient (Wildman–Crippen LogP) is 3.40. The van der Waals surface area contributed by atoms with Gasteiger partial charge in [-0.3, -0.25) is 10.1 Å². The molecule has 0 aliphatic carbocycles. The predicted molar refractivity (Wildman–Crippen MR) is 91.6 cm³/mol. The summed E-state index contributed by atoms with van der Waals surface area (Å²) in [5, 5.41) is 14.2. The Hall–Kier alpha value is -2.47. The third-order valence-corrected chi connectivity index (χ3v) is 3.80. The average molecular weight is 314 g/mol. The highest BCUT2D eigenvalue weighted by Gasteiger charge is 2.22. The molecule has 2 unspecified atom stereocenters. The van der Waals surface area contributed by atoms with E-state index in [1.165, 1.54) is 11.6 Å². The SMILES string of the molecule is Cc1nc(NC(C)C(c2ccccc2)N(C)C)ccc1[N+](=O)[O-]. The van der Waals surface area contributed by atoms with E-state index < -0.39 is 4.92 Å². The van der Waals surface area contributed by atoms with E-state index in [9.17, 15) is 10.1 Å². The third-order valence-electron chi connectivity index (χ3n) is 3.80. The number of hydrogen-bond acceptors (Lipinski definition) is 5. The van der Waals surface area contributed by atoms with Crippen LogP contribution in [0.4, 0.5) is 11.5 Å². The molecule has 0 saturated carbocycles. The first-order valence-corrected chi connectivity index (χ1v) is 7.50. The molecule has 6 heteroatoms. The molecule has 0 saturated heterocycles. The van der Waals surface area contributed by atoms with E-state index in [1.807, 2.05) is 32.3 Å². The van der Waals surface area contributed by atoms with Crippen molar-refractivity contribution in [1.29, 1.82) is 0 Å². The molecule has 122 valence electrons. The molecular formula is C17H22N4O2. The van der Waals surface area contributed by atoms with Crippen molar-refractivity contribution in [1.82, 2.24) is 9.88 Å². The number of likely N-dealkylation sites (N-methyl/N-ethyl adjacent to an activating group) is 1. The van der Waals surface area contributed by atoms with E-state index in [1.54, 1.807) is 13.0 Å². The van der Waals surface area contributed by atoms with Crippen LogP contribution in [0.1, 0.15) is 24.2 Å². The first-order valence-electron chi connectivity index (χ1n) is 7.50. The van der Waals surface area contributed by atoms with Gasteiger partial charge in [-0.25, -0.2) is 4.98 Å². The topological polar surface area (TPSA) is 71.3 Å². The number of rotatable bonds is 6. The van der Waals surface area contributed by atoms with Crippen molar-refractivity contribution in [3.63, 3.8) is 0 Å². The van der Waals surface area contributed by atoms with Gasteiger partial charge in [0.15, 0.2) is 0 Å². The first kappa shape index (κ1) is 16.9. The number of anilines is 1. The minimum atomic E-state index is -0.415. The molecule has 0 amide bonds. The van der Waals surface area contributed by atoms with Crippen LogP contribution >= 0.6 is 0 Å². The van der Waals surface area contributed by atoms with Crippen LogP contribution in [-0.4, -0.2) is 34.9 Å². The molecule has 1 N–H and O–H groups in total. The average Bonchev–Trinajstić information content (AvgIpc) is 2.47. The monoisotopic (exact) mass is 314 g/mol. The zero-order valence-corrected chi connectivity index (χ0v) is 13.9. The van der Waals surface area contributed by atoms with Crippen molar-refractivity contribution in [3.05, 3.63) is 63.8 Å². The zero-order chi connectivity index (χ0) is 17.0. The van der Waals surface area contributed by atoms with E-state index in [4.69, 9.17) is 0 Å². The molecular weight excluding hydrogens is 292 g/mol.